The molecule has 248 valence electrons. The molecule has 2 aromatic heterocycles. The standard InChI is InChI=1S/C50H32N2S/c1-3-11-33(12-4-1)36-20-19-34-21-23-39(30-37(34)29-36)51(41-25-28-48-45(32-41)50-42-16-8-7-13-35(42)22-27-49(50)53-48)40-24-26-47-44(31-40)43-17-9-10-18-46(43)52(47)38-14-5-2-6-15-38/h1-32H. The quantitative estimate of drug-likeness (QED) is 0.174. The number of anilines is 3. The lowest BCUT2D eigenvalue weighted by molar-refractivity contribution is 1.18. The average Bonchev–Trinajstić information content (AvgIpc) is 3.77. The number of thiophene rings is 1. The van der Waals surface area contributed by atoms with Gasteiger partial charge in [0, 0.05) is 53.7 Å². The van der Waals surface area contributed by atoms with Crippen molar-refractivity contribution >= 4 is 91.9 Å². The first-order valence-corrected chi connectivity index (χ1v) is 18.9. The topological polar surface area (TPSA) is 8.17 Å². The Kier molecular flexibility index (Phi) is 6.76. The Balaban J connectivity index is 1.16. The van der Waals surface area contributed by atoms with Crippen molar-refractivity contribution in [3.05, 3.63) is 194 Å². The first-order valence-electron chi connectivity index (χ1n) is 18.1. The van der Waals surface area contributed by atoms with Crippen molar-refractivity contribution < 1.29 is 0 Å². The predicted octanol–water partition coefficient (Wildman–Crippen LogP) is 14.6. The summed E-state index contributed by atoms with van der Waals surface area (Å²) in [6, 6.07) is 71.1. The molecule has 2 heterocycles. The van der Waals surface area contributed by atoms with Gasteiger partial charge in [-0.15, -0.1) is 11.3 Å². The van der Waals surface area contributed by atoms with Crippen molar-refractivity contribution in [3.63, 3.8) is 0 Å². The molecule has 0 aliphatic heterocycles. The van der Waals surface area contributed by atoms with Gasteiger partial charge in [0.25, 0.3) is 0 Å². The summed E-state index contributed by atoms with van der Waals surface area (Å²) >= 11 is 1.87. The molecule has 0 bridgehead atoms. The third-order valence-corrected chi connectivity index (χ3v) is 11.9. The molecule has 0 fully saturated rings. The van der Waals surface area contributed by atoms with Crippen molar-refractivity contribution in [2.75, 3.05) is 4.90 Å². The van der Waals surface area contributed by atoms with Crippen LogP contribution in [-0.2, 0) is 0 Å². The molecule has 0 aliphatic rings. The molecule has 11 rings (SSSR count). The van der Waals surface area contributed by atoms with Crippen LogP contribution in [0.25, 0.3) is 80.3 Å². The van der Waals surface area contributed by atoms with Gasteiger partial charge < -0.3 is 9.47 Å². The van der Waals surface area contributed by atoms with Gasteiger partial charge in [0.2, 0.25) is 0 Å². The third-order valence-electron chi connectivity index (χ3n) is 10.7. The molecular formula is C50H32N2S. The fourth-order valence-electron chi connectivity index (χ4n) is 8.26. The molecule has 3 heteroatoms. The minimum atomic E-state index is 1.12. The van der Waals surface area contributed by atoms with Gasteiger partial charge in [-0.2, -0.15) is 0 Å². The van der Waals surface area contributed by atoms with Gasteiger partial charge in [-0.1, -0.05) is 115 Å². The van der Waals surface area contributed by atoms with Crippen molar-refractivity contribution in [2.24, 2.45) is 0 Å². The zero-order chi connectivity index (χ0) is 34.9. The van der Waals surface area contributed by atoms with Gasteiger partial charge in [-0.05, 0) is 112 Å². The van der Waals surface area contributed by atoms with E-state index in [0.29, 0.717) is 0 Å². The third kappa shape index (κ3) is 4.86. The molecule has 11 aromatic rings. The molecule has 53 heavy (non-hydrogen) atoms. The normalized spacial score (nSPS) is 11.8. The van der Waals surface area contributed by atoms with E-state index in [1.807, 2.05) is 11.3 Å². The number of hydrogen-bond donors (Lipinski definition) is 0. The van der Waals surface area contributed by atoms with Crippen molar-refractivity contribution in [3.8, 4) is 16.8 Å². The number of para-hydroxylation sites is 2. The van der Waals surface area contributed by atoms with Crippen LogP contribution in [0.5, 0.6) is 0 Å². The Bertz CT molecular complexity index is 3170. The first kappa shape index (κ1) is 30.0. The maximum absolute atomic E-state index is 2.44. The van der Waals surface area contributed by atoms with Crippen molar-refractivity contribution in [1.29, 1.82) is 0 Å². The van der Waals surface area contributed by atoms with Crippen LogP contribution >= 0.6 is 11.3 Å². The van der Waals surface area contributed by atoms with Gasteiger partial charge in [-0.3, -0.25) is 0 Å². The zero-order valence-corrected chi connectivity index (χ0v) is 29.6. The van der Waals surface area contributed by atoms with Crippen LogP contribution < -0.4 is 4.90 Å². The Morgan fingerprint density at radius 1 is 0.358 bits per heavy atom. The van der Waals surface area contributed by atoms with E-state index in [1.54, 1.807) is 0 Å². The smallest absolute Gasteiger partial charge is 0.0542 e. The van der Waals surface area contributed by atoms with Crippen molar-refractivity contribution in [2.45, 2.75) is 0 Å². The number of rotatable bonds is 5. The van der Waals surface area contributed by atoms with Crippen LogP contribution in [0.4, 0.5) is 17.1 Å². The van der Waals surface area contributed by atoms with Gasteiger partial charge in [0.1, 0.15) is 0 Å². The van der Waals surface area contributed by atoms with Crippen LogP contribution in [0, 0.1) is 0 Å². The van der Waals surface area contributed by atoms with E-state index in [2.05, 4.69) is 204 Å². The first-order chi connectivity index (χ1) is 26.3. The minimum absolute atomic E-state index is 1.12. The maximum atomic E-state index is 2.44. The molecular weight excluding hydrogens is 661 g/mol. The lowest BCUT2D eigenvalue weighted by Crippen LogP contribution is -2.10. The molecule has 0 saturated carbocycles. The van der Waals surface area contributed by atoms with E-state index in [9.17, 15) is 0 Å². The highest BCUT2D eigenvalue weighted by atomic mass is 32.1. The molecule has 0 amide bonds. The number of fused-ring (bicyclic) bond motifs is 9. The van der Waals surface area contributed by atoms with E-state index in [-0.39, 0.29) is 0 Å². The summed E-state index contributed by atoms with van der Waals surface area (Å²) < 4.78 is 5.00. The Labute approximate surface area is 311 Å². The van der Waals surface area contributed by atoms with Gasteiger partial charge in [0.15, 0.2) is 0 Å². The summed E-state index contributed by atoms with van der Waals surface area (Å²) in [7, 11) is 0. The lowest BCUT2D eigenvalue weighted by Gasteiger charge is -2.26. The van der Waals surface area contributed by atoms with Crippen LogP contribution in [0.1, 0.15) is 0 Å². The molecule has 0 saturated heterocycles. The fraction of sp³-hybridized carbons (Fsp3) is 0. The predicted molar refractivity (Wildman–Crippen MR) is 229 cm³/mol. The van der Waals surface area contributed by atoms with E-state index in [1.165, 1.54) is 74.6 Å². The largest absolute Gasteiger partial charge is 0.310 e. The fourth-order valence-corrected chi connectivity index (χ4v) is 9.36. The second kappa shape index (κ2) is 11.9. The summed E-state index contributed by atoms with van der Waals surface area (Å²) in [4.78, 5) is 2.44. The number of benzene rings is 9. The summed E-state index contributed by atoms with van der Waals surface area (Å²) in [6.07, 6.45) is 0. The van der Waals surface area contributed by atoms with Gasteiger partial charge in [0.05, 0.1) is 11.0 Å². The Hall–Kier alpha value is -6.68. The van der Waals surface area contributed by atoms with E-state index < -0.39 is 0 Å². The van der Waals surface area contributed by atoms with Crippen LogP contribution in [0.2, 0.25) is 0 Å². The average molecular weight is 693 g/mol. The highest BCUT2D eigenvalue weighted by Gasteiger charge is 2.19. The summed E-state index contributed by atoms with van der Waals surface area (Å²) in [5, 5.41) is 10.1. The molecule has 0 atom stereocenters. The zero-order valence-electron chi connectivity index (χ0n) is 28.8. The molecule has 0 spiro atoms. The second-order valence-corrected chi connectivity index (χ2v) is 14.9. The highest BCUT2D eigenvalue weighted by molar-refractivity contribution is 7.26. The summed E-state index contributed by atoms with van der Waals surface area (Å²) in [6.45, 7) is 0. The monoisotopic (exact) mass is 692 g/mol. The second-order valence-electron chi connectivity index (χ2n) is 13.8. The minimum Gasteiger partial charge on any atom is -0.310 e. The number of hydrogen-bond acceptors (Lipinski definition) is 2. The Morgan fingerprint density at radius 2 is 0.981 bits per heavy atom. The molecule has 0 aliphatic carbocycles. The maximum Gasteiger partial charge on any atom is 0.0542 e. The molecule has 0 radical (unpaired) electrons. The summed E-state index contributed by atoms with van der Waals surface area (Å²) in [5.41, 5.74) is 9.37. The van der Waals surface area contributed by atoms with Crippen LogP contribution in [0.3, 0.4) is 0 Å². The van der Waals surface area contributed by atoms with Crippen LogP contribution in [0.15, 0.2) is 194 Å². The van der Waals surface area contributed by atoms with E-state index in [4.69, 9.17) is 0 Å². The van der Waals surface area contributed by atoms with Gasteiger partial charge in [-0.25, -0.2) is 0 Å². The molecule has 9 aromatic carbocycles. The van der Waals surface area contributed by atoms with E-state index >= 15 is 0 Å². The highest BCUT2D eigenvalue weighted by Crippen LogP contribution is 2.45. The van der Waals surface area contributed by atoms with Crippen molar-refractivity contribution in [1.82, 2.24) is 4.57 Å². The lowest BCUT2D eigenvalue weighted by atomic mass is 10.0. The summed E-state index contributed by atoms with van der Waals surface area (Å²) in [5.74, 6) is 0. The SMILES string of the molecule is c1ccc(-c2ccc3ccc(N(c4ccc5sc6ccc7ccccc7c6c5c4)c4ccc5c(c4)c4ccccc4n5-c4ccccc4)cc3c2)cc1. The van der Waals surface area contributed by atoms with Gasteiger partial charge >= 0.3 is 0 Å². The number of aromatic nitrogens is 1. The molecule has 0 N–H and O–H groups in total. The van der Waals surface area contributed by atoms with E-state index in [0.717, 1.165) is 22.7 Å². The van der Waals surface area contributed by atoms with Crippen LogP contribution in [-0.4, -0.2) is 4.57 Å². The molecule has 0 unspecified atom stereocenters. The Morgan fingerprint density at radius 3 is 1.85 bits per heavy atom. The number of nitrogens with zero attached hydrogens (tertiary/aromatic N) is 2. The molecule has 2 nitrogen and oxygen atoms in total.